The molecule has 3 heterocycles. The van der Waals surface area contributed by atoms with Gasteiger partial charge in [0.15, 0.2) is 0 Å². The van der Waals surface area contributed by atoms with Gasteiger partial charge < -0.3 is 20.9 Å². The zero-order chi connectivity index (χ0) is 25.6. The maximum Gasteiger partial charge on any atom is 0.232 e. The summed E-state index contributed by atoms with van der Waals surface area (Å²) in [5.41, 5.74) is 7.23. The predicted molar refractivity (Wildman–Crippen MR) is 146 cm³/mol. The summed E-state index contributed by atoms with van der Waals surface area (Å²) in [4.78, 5) is 20.0. The van der Waals surface area contributed by atoms with Crippen LogP contribution in [0.5, 0.6) is 0 Å². The Balaban J connectivity index is 1.81. The lowest BCUT2D eigenvalue weighted by Gasteiger charge is -2.55. The highest BCUT2D eigenvalue weighted by Crippen LogP contribution is 2.43. The highest BCUT2D eigenvalue weighted by atomic mass is 15.4. The second-order valence-electron chi connectivity index (χ2n) is 13.0. The Hall–Kier alpha value is -2.41. The summed E-state index contributed by atoms with van der Waals surface area (Å²) in [5, 5.41) is 3.50. The molecule has 2 saturated heterocycles. The van der Waals surface area contributed by atoms with Crippen LogP contribution < -0.4 is 20.9 Å². The van der Waals surface area contributed by atoms with Crippen molar-refractivity contribution in [3.8, 4) is 0 Å². The van der Waals surface area contributed by atoms with Crippen molar-refractivity contribution in [3.63, 3.8) is 0 Å². The summed E-state index contributed by atoms with van der Waals surface area (Å²) < 4.78 is 0. The minimum Gasteiger partial charge on any atom is -0.350 e. The molecule has 0 unspecified atom stereocenters. The summed E-state index contributed by atoms with van der Waals surface area (Å²) in [5.74, 6) is 2.10. The standard InChI is InChI=1S/C28H45N7/c1-25(2)15-12-16-26(3,4)34(25)23-31-22(30-19-20-13-10-9-11-14-20)32-24(33-23)35-27(5,6)17-21(29)18-28(35,7)8/h9-11,13-14,21H,12,15-19,29H2,1-8H3,(H,30,31,32,33). The van der Waals surface area contributed by atoms with E-state index in [9.17, 15) is 0 Å². The number of nitrogens with one attached hydrogen (secondary N) is 1. The summed E-state index contributed by atoms with van der Waals surface area (Å²) in [6.07, 6.45) is 5.22. The third kappa shape index (κ3) is 5.25. The third-order valence-corrected chi connectivity index (χ3v) is 7.83. The monoisotopic (exact) mass is 479 g/mol. The Kier molecular flexibility index (Phi) is 6.54. The van der Waals surface area contributed by atoms with Gasteiger partial charge in [-0.15, -0.1) is 0 Å². The number of anilines is 3. The first kappa shape index (κ1) is 25.7. The molecule has 2 aromatic rings. The molecule has 192 valence electrons. The SMILES string of the molecule is CC1(C)CCCC(C)(C)N1c1nc(NCc2ccccc2)nc(N2C(C)(C)CC(N)CC2(C)C)n1. The quantitative estimate of drug-likeness (QED) is 0.584. The molecule has 1 aromatic carbocycles. The number of aromatic nitrogens is 3. The van der Waals surface area contributed by atoms with E-state index in [1.54, 1.807) is 0 Å². The molecule has 0 radical (unpaired) electrons. The average Bonchev–Trinajstić information content (AvgIpc) is 2.69. The molecule has 0 atom stereocenters. The lowest BCUT2D eigenvalue weighted by Crippen LogP contribution is -2.64. The summed E-state index contributed by atoms with van der Waals surface area (Å²) in [6.45, 7) is 18.9. The number of rotatable bonds is 5. The molecule has 35 heavy (non-hydrogen) atoms. The molecule has 1 aromatic heterocycles. The van der Waals surface area contributed by atoms with Crippen molar-refractivity contribution in [2.75, 3.05) is 15.1 Å². The van der Waals surface area contributed by atoms with Crippen LogP contribution in [0.15, 0.2) is 30.3 Å². The predicted octanol–water partition coefficient (Wildman–Crippen LogP) is 5.52. The van der Waals surface area contributed by atoms with Gasteiger partial charge in [0.2, 0.25) is 17.8 Å². The van der Waals surface area contributed by atoms with E-state index in [1.165, 1.54) is 12.0 Å². The summed E-state index contributed by atoms with van der Waals surface area (Å²) in [6, 6.07) is 10.5. The number of hydrogen-bond donors (Lipinski definition) is 2. The fraction of sp³-hybridized carbons (Fsp3) is 0.679. The lowest BCUT2D eigenvalue weighted by atomic mass is 9.77. The van der Waals surface area contributed by atoms with E-state index >= 15 is 0 Å². The molecule has 7 heteroatoms. The van der Waals surface area contributed by atoms with E-state index in [0.29, 0.717) is 12.5 Å². The van der Waals surface area contributed by atoms with Crippen LogP contribution in [0.3, 0.4) is 0 Å². The van der Waals surface area contributed by atoms with E-state index < -0.39 is 0 Å². The largest absolute Gasteiger partial charge is 0.350 e. The first-order valence-electron chi connectivity index (χ1n) is 13.1. The molecular formula is C28H45N7. The van der Waals surface area contributed by atoms with Crippen molar-refractivity contribution in [3.05, 3.63) is 35.9 Å². The van der Waals surface area contributed by atoms with Gasteiger partial charge in [0.25, 0.3) is 0 Å². The van der Waals surface area contributed by atoms with Crippen LogP contribution in [0.2, 0.25) is 0 Å². The van der Waals surface area contributed by atoms with Crippen LogP contribution in [-0.4, -0.2) is 43.1 Å². The van der Waals surface area contributed by atoms with Gasteiger partial charge in [-0.25, -0.2) is 0 Å². The van der Waals surface area contributed by atoms with E-state index in [1.807, 2.05) is 6.07 Å². The Morgan fingerprint density at radius 2 is 1.26 bits per heavy atom. The Bertz CT molecular complexity index is 995. The lowest BCUT2D eigenvalue weighted by molar-refractivity contribution is 0.215. The molecule has 0 aliphatic carbocycles. The van der Waals surface area contributed by atoms with Gasteiger partial charge >= 0.3 is 0 Å². The van der Waals surface area contributed by atoms with Gasteiger partial charge in [0.05, 0.1) is 0 Å². The third-order valence-electron chi connectivity index (χ3n) is 7.83. The number of nitrogens with two attached hydrogens (primary N) is 1. The van der Waals surface area contributed by atoms with Gasteiger partial charge in [-0.2, -0.15) is 15.0 Å². The van der Waals surface area contributed by atoms with Crippen LogP contribution in [-0.2, 0) is 6.54 Å². The molecule has 0 bridgehead atoms. The summed E-state index contributed by atoms with van der Waals surface area (Å²) >= 11 is 0. The van der Waals surface area contributed by atoms with Crippen LogP contribution in [0.1, 0.15) is 93.1 Å². The molecule has 2 aliphatic rings. The maximum atomic E-state index is 6.49. The fourth-order valence-corrected chi connectivity index (χ4v) is 6.85. The van der Waals surface area contributed by atoms with Crippen molar-refractivity contribution >= 4 is 17.8 Å². The zero-order valence-electron chi connectivity index (χ0n) is 23.0. The van der Waals surface area contributed by atoms with Crippen LogP contribution >= 0.6 is 0 Å². The Labute approximate surface area is 211 Å². The molecule has 7 nitrogen and oxygen atoms in total. The molecule has 4 rings (SSSR count). The molecular weight excluding hydrogens is 434 g/mol. The van der Waals surface area contributed by atoms with Gasteiger partial charge in [0, 0.05) is 34.7 Å². The van der Waals surface area contributed by atoms with Crippen LogP contribution in [0, 0.1) is 0 Å². The van der Waals surface area contributed by atoms with Crippen molar-refractivity contribution in [2.45, 2.75) is 122 Å². The second kappa shape index (κ2) is 8.91. The maximum absolute atomic E-state index is 6.49. The Morgan fingerprint density at radius 3 is 1.77 bits per heavy atom. The minimum atomic E-state index is -0.177. The van der Waals surface area contributed by atoms with Crippen molar-refractivity contribution in [1.29, 1.82) is 0 Å². The first-order valence-corrected chi connectivity index (χ1v) is 13.1. The number of nitrogens with zero attached hydrogens (tertiary/aromatic N) is 5. The van der Waals surface area contributed by atoms with Gasteiger partial charge in [-0.3, -0.25) is 0 Å². The van der Waals surface area contributed by atoms with Gasteiger partial charge in [-0.05, 0) is 93.1 Å². The van der Waals surface area contributed by atoms with E-state index in [-0.39, 0.29) is 28.2 Å². The first-order chi connectivity index (χ1) is 16.2. The number of hydrogen-bond acceptors (Lipinski definition) is 7. The van der Waals surface area contributed by atoms with Crippen molar-refractivity contribution in [1.82, 2.24) is 15.0 Å². The molecule has 3 N–H and O–H groups in total. The fourth-order valence-electron chi connectivity index (χ4n) is 6.85. The smallest absolute Gasteiger partial charge is 0.232 e. The molecule has 0 amide bonds. The van der Waals surface area contributed by atoms with Crippen LogP contribution in [0.4, 0.5) is 17.8 Å². The second-order valence-corrected chi connectivity index (χ2v) is 13.0. The van der Waals surface area contributed by atoms with E-state index in [4.69, 9.17) is 20.7 Å². The Morgan fingerprint density at radius 1 is 0.771 bits per heavy atom. The van der Waals surface area contributed by atoms with Gasteiger partial charge in [0.1, 0.15) is 0 Å². The highest BCUT2D eigenvalue weighted by molar-refractivity contribution is 5.52. The van der Waals surface area contributed by atoms with Crippen LogP contribution in [0.25, 0.3) is 0 Å². The molecule has 2 fully saturated rings. The summed E-state index contributed by atoms with van der Waals surface area (Å²) in [7, 11) is 0. The highest BCUT2D eigenvalue weighted by Gasteiger charge is 2.47. The number of benzene rings is 1. The van der Waals surface area contributed by atoms with E-state index in [2.05, 4.69) is 94.8 Å². The zero-order valence-corrected chi connectivity index (χ0v) is 23.0. The van der Waals surface area contributed by atoms with E-state index in [0.717, 1.165) is 37.6 Å². The molecule has 2 aliphatic heterocycles. The average molecular weight is 480 g/mol. The normalized spacial score (nSPS) is 23.2. The van der Waals surface area contributed by atoms with Crippen molar-refractivity contribution < 1.29 is 0 Å². The molecule has 0 spiro atoms. The minimum absolute atomic E-state index is 0.0492. The number of piperidine rings is 2. The molecule has 0 saturated carbocycles. The van der Waals surface area contributed by atoms with Gasteiger partial charge in [-0.1, -0.05) is 30.3 Å². The van der Waals surface area contributed by atoms with Crippen molar-refractivity contribution in [2.24, 2.45) is 5.73 Å². The topological polar surface area (TPSA) is 83.2 Å².